The number of nitrogens with zero attached hydrogens (tertiary/aromatic N) is 1. The summed E-state index contributed by atoms with van der Waals surface area (Å²) in [6.45, 7) is 8.10. The Morgan fingerprint density at radius 1 is 1.05 bits per heavy atom. The number of nitrogens with one attached hydrogen (secondary N) is 1. The Bertz CT molecular complexity index is 251. The predicted octanol–water partition coefficient (Wildman–Crippen LogP) is 2.39. The lowest BCUT2D eigenvalue weighted by Gasteiger charge is -2.40. The predicted molar refractivity (Wildman–Crippen MR) is 80.3 cm³/mol. The smallest absolute Gasteiger partial charge is 0.0695 e. The lowest BCUT2D eigenvalue weighted by atomic mass is 9.94. The van der Waals surface area contributed by atoms with E-state index in [9.17, 15) is 5.11 Å². The largest absolute Gasteiger partial charge is 0.391 e. The highest BCUT2D eigenvalue weighted by Crippen LogP contribution is 2.26. The minimum absolute atomic E-state index is 0.105. The van der Waals surface area contributed by atoms with Gasteiger partial charge in [0.25, 0.3) is 0 Å². The van der Waals surface area contributed by atoms with E-state index in [0.29, 0.717) is 12.1 Å². The van der Waals surface area contributed by atoms with E-state index in [4.69, 9.17) is 0 Å². The lowest BCUT2D eigenvalue weighted by molar-refractivity contribution is 0.0153. The van der Waals surface area contributed by atoms with Crippen molar-refractivity contribution in [1.29, 1.82) is 0 Å². The van der Waals surface area contributed by atoms with Crippen LogP contribution in [-0.4, -0.2) is 47.8 Å². The molecule has 2 fully saturated rings. The van der Waals surface area contributed by atoms with Crippen molar-refractivity contribution in [2.24, 2.45) is 5.92 Å². The van der Waals surface area contributed by atoms with Crippen molar-refractivity contribution in [2.75, 3.05) is 19.6 Å². The molecule has 1 heterocycles. The summed E-state index contributed by atoms with van der Waals surface area (Å²) >= 11 is 0. The van der Waals surface area contributed by atoms with Crippen LogP contribution < -0.4 is 5.32 Å². The van der Waals surface area contributed by atoms with E-state index < -0.39 is 0 Å². The third-order valence-corrected chi connectivity index (χ3v) is 4.96. The molecule has 0 aromatic carbocycles. The molecule has 1 saturated carbocycles. The van der Waals surface area contributed by atoms with Gasteiger partial charge in [-0.05, 0) is 58.5 Å². The highest BCUT2D eigenvalue weighted by atomic mass is 16.3. The topological polar surface area (TPSA) is 35.5 Å². The summed E-state index contributed by atoms with van der Waals surface area (Å²) in [7, 11) is 0. The Labute approximate surface area is 118 Å². The fraction of sp³-hybridized carbons (Fsp3) is 1.00. The Balaban J connectivity index is 1.96. The fourth-order valence-electron chi connectivity index (χ4n) is 3.75. The molecule has 1 aliphatic carbocycles. The molecule has 3 heteroatoms. The van der Waals surface area contributed by atoms with E-state index in [0.717, 1.165) is 12.3 Å². The number of rotatable bonds is 4. The maximum Gasteiger partial charge on any atom is 0.0695 e. The number of hydrogen-bond donors (Lipinski definition) is 2. The van der Waals surface area contributed by atoms with Gasteiger partial charge < -0.3 is 10.4 Å². The molecule has 2 atom stereocenters. The summed E-state index contributed by atoms with van der Waals surface area (Å²) in [6, 6.07) is 0.949. The highest BCUT2D eigenvalue weighted by molar-refractivity contribution is 4.85. The molecule has 0 bridgehead atoms. The van der Waals surface area contributed by atoms with Crippen LogP contribution in [0.25, 0.3) is 0 Å². The van der Waals surface area contributed by atoms with Crippen LogP contribution in [0.3, 0.4) is 0 Å². The van der Waals surface area contributed by atoms with Crippen molar-refractivity contribution in [1.82, 2.24) is 10.2 Å². The van der Waals surface area contributed by atoms with Crippen molar-refractivity contribution in [3.8, 4) is 0 Å². The standard InChI is InChI=1S/C16H32N2O/c1-13(2)18(12-14-8-10-17-11-9-14)15-6-4-3-5-7-16(15)19/h13-17,19H,3-12H2,1-2H3. The molecule has 0 radical (unpaired) electrons. The van der Waals surface area contributed by atoms with E-state index in [-0.39, 0.29) is 6.10 Å². The van der Waals surface area contributed by atoms with Crippen molar-refractivity contribution >= 4 is 0 Å². The zero-order valence-corrected chi connectivity index (χ0v) is 12.8. The third kappa shape index (κ3) is 4.44. The molecule has 0 aromatic heterocycles. The molecule has 2 unspecified atom stereocenters. The first kappa shape index (κ1) is 15.3. The van der Waals surface area contributed by atoms with Gasteiger partial charge in [0.15, 0.2) is 0 Å². The van der Waals surface area contributed by atoms with E-state index >= 15 is 0 Å². The molecule has 1 aliphatic heterocycles. The van der Waals surface area contributed by atoms with Crippen LogP contribution in [0, 0.1) is 5.92 Å². The summed E-state index contributed by atoms with van der Waals surface area (Å²) in [5.41, 5.74) is 0. The zero-order chi connectivity index (χ0) is 13.7. The third-order valence-electron chi connectivity index (χ3n) is 4.96. The molecular formula is C16H32N2O. The second kappa shape index (κ2) is 7.61. The first-order valence-corrected chi connectivity index (χ1v) is 8.33. The minimum Gasteiger partial charge on any atom is -0.391 e. The van der Waals surface area contributed by atoms with Gasteiger partial charge in [0.05, 0.1) is 6.10 Å². The quantitative estimate of drug-likeness (QED) is 0.769. The number of aliphatic hydroxyl groups excluding tert-OH is 1. The van der Waals surface area contributed by atoms with Crippen molar-refractivity contribution in [3.63, 3.8) is 0 Å². The van der Waals surface area contributed by atoms with Crippen molar-refractivity contribution in [3.05, 3.63) is 0 Å². The van der Waals surface area contributed by atoms with Crippen LogP contribution in [0.15, 0.2) is 0 Å². The van der Waals surface area contributed by atoms with E-state index in [1.165, 1.54) is 58.2 Å². The second-order valence-electron chi connectivity index (χ2n) is 6.76. The molecule has 3 nitrogen and oxygen atoms in total. The van der Waals surface area contributed by atoms with Gasteiger partial charge in [-0.15, -0.1) is 0 Å². The average molecular weight is 268 g/mol. The molecule has 2 aliphatic rings. The lowest BCUT2D eigenvalue weighted by Crippen LogP contribution is -2.49. The van der Waals surface area contributed by atoms with Crippen LogP contribution in [-0.2, 0) is 0 Å². The van der Waals surface area contributed by atoms with Crippen LogP contribution in [0.2, 0.25) is 0 Å². The number of aliphatic hydroxyl groups is 1. The summed E-state index contributed by atoms with van der Waals surface area (Å²) in [5.74, 6) is 0.819. The van der Waals surface area contributed by atoms with Crippen molar-refractivity contribution in [2.45, 2.75) is 77.0 Å². The molecular weight excluding hydrogens is 236 g/mol. The average Bonchev–Trinajstić information content (AvgIpc) is 2.62. The van der Waals surface area contributed by atoms with Crippen LogP contribution in [0.4, 0.5) is 0 Å². The first-order chi connectivity index (χ1) is 9.18. The summed E-state index contributed by atoms with van der Waals surface area (Å²) in [5, 5.41) is 13.9. The van der Waals surface area contributed by atoms with E-state index in [1.807, 2.05) is 0 Å². The summed E-state index contributed by atoms with van der Waals surface area (Å²) in [6.07, 6.45) is 8.47. The number of hydrogen-bond acceptors (Lipinski definition) is 3. The van der Waals surface area contributed by atoms with Crippen LogP contribution in [0.5, 0.6) is 0 Å². The van der Waals surface area contributed by atoms with Gasteiger partial charge in [0.2, 0.25) is 0 Å². The van der Waals surface area contributed by atoms with Gasteiger partial charge in [-0.25, -0.2) is 0 Å². The molecule has 19 heavy (non-hydrogen) atoms. The van der Waals surface area contributed by atoms with Gasteiger partial charge in [0, 0.05) is 18.6 Å². The van der Waals surface area contributed by atoms with Crippen LogP contribution >= 0.6 is 0 Å². The minimum atomic E-state index is -0.105. The van der Waals surface area contributed by atoms with Gasteiger partial charge in [-0.1, -0.05) is 19.3 Å². The number of piperidine rings is 1. The monoisotopic (exact) mass is 268 g/mol. The summed E-state index contributed by atoms with van der Waals surface area (Å²) in [4.78, 5) is 2.60. The van der Waals surface area contributed by atoms with Gasteiger partial charge in [-0.3, -0.25) is 4.90 Å². The maximum absolute atomic E-state index is 10.4. The van der Waals surface area contributed by atoms with Gasteiger partial charge >= 0.3 is 0 Å². The fourth-order valence-corrected chi connectivity index (χ4v) is 3.75. The Hall–Kier alpha value is -0.120. The first-order valence-electron chi connectivity index (χ1n) is 8.33. The Morgan fingerprint density at radius 2 is 1.74 bits per heavy atom. The Kier molecular flexibility index (Phi) is 6.11. The molecule has 2 rings (SSSR count). The van der Waals surface area contributed by atoms with Gasteiger partial charge in [-0.2, -0.15) is 0 Å². The summed E-state index contributed by atoms with van der Waals surface area (Å²) < 4.78 is 0. The Morgan fingerprint density at radius 3 is 2.42 bits per heavy atom. The van der Waals surface area contributed by atoms with Crippen molar-refractivity contribution < 1.29 is 5.11 Å². The molecule has 0 spiro atoms. The molecule has 1 saturated heterocycles. The second-order valence-corrected chi connectivity index (χ2v) is 6.76. The normalized spacial score (nSPS) is 30.8. The highest BCUT2D eigenvalue weighted by Gasteiger charge is 2.30. The molecule has 0 aromatic rings. The van der Waals surface area contributed by atoms with Crippen LogP contribution in [0.1, 0.15) is 58.8 Å². The van der Waals surface area contributed by atoms with Gasteiger partial charge in [0.1, 0.15) is 0 Å². The van der Waals surface area contributed by atoms with E-state index in [1.54, 1.807) is 0 Å². The maximum atomic E-state index is 10.4. The molecule has 112 valence electrons. The van der Waals surface area contributed by atoms with E-state index in [2.05, 4.69) is 24.1 Å². The zero-order valence-electron chi connectivity index (χ0n) is 12.8. The molecule has 0 amide bonds. The SMILES string of the molecule is CC(C)N(CC1CCNCC1)C1CCCCCC1O. The molecule has 2 N–H and O–H groups in total.